The van der Waals surface area contributed by atoms with Crippen molar-refractivity contribution in [2.24, 2.45) is 0 Å². The van der Waals surface area contributed by atoms with Crippen molar-refractivity contribution in [3.05, 3.63) is 10.0 Å². The third kappa shape index (κ3) is 4.51. The van der Waals surface area contributed by atoms with Crippen molar-refractivity contribution in [1.29, 1.82) is 0 Å². The molecule has 3 rings (SSSR count). The highest BCUT2D eigenvalue weighted by Crippen LogP contribution is 2.21. The number of rotatable bonds is 7. The summed E-state index contributed by atoms with van der Waals surface area (Å²) in [7, 11) is 0. The minimum Gasteiger partial charge on any atom is -0.378 e. The zero-order valence-corrected chi connectivity index (χ0v) is 12.3. The molecule has 1 saturated heterocycles. The van der Waals surface area contributed by atoms with E-state index in [0.29, 0.717) is 6.10 Å². The van der Waals surface area contributed by atoms with Crippen molar-refractivity contribution < 1.29 is 4.74 Å². The van der Waals surface area contributed by atoms with Gasteiger partial charge in [-0.3, -0.25) is 0 Å². The molecule has 2 fully saturated rings. The molecule has 2 heterocycles. The highest BCUT2D eigenvalue weighted by atomic mass is 32.1. The van der Waals surface area contributed by atoms with Crippen molar-refractivity contribution in [2.45, 2.75) is 63.5 Å². The summed E-state index contributed by atoms with van der Waals surface area (Å²) in [6, 6.07) is 0.813. The lowest BCUT2D eigenvalue weighted by atomic mass is 10.1. The Balaban J connectivity index is 1.37. The van der Waals surface area contributed by atoms with Crippen LogP contribution in [-0.4, -0.2) is 35.5 Å². The third-order valence-corrected chi connectivity index (χ3v) is 4.77. The van der Waals surface area contributed by atoms with Gasteiger partial charge in [0.15, 0.2) is 0 Å². The maximum Gasteiger partial charge on any atom is 0.120 e. The zero-order chi connectivity index (χ0) is 12.9. The van der Waals surface area contributed by atoms with Gasteiger partial charge in [-0.05, 0) is 45.1 Å². The zero-order valence-electron chi connectivity index (χ0n) is 11.4. The first kappa shape index (κ1) is 13.5. The van der Waals surface area contributed by atoms with Crippen LogP contribution in [0.2, 0.25) is 0 Å². The van der Waals surface area contributed by atoms with Crippen LogP contribution in [0.25, 0.3) is 0 Å². The van der Waals surface area contributed by atoms with Gasteiger partial charge in [0.25, 0.3) is 0 Å². The molecular formula is C14H23N3OS. The highest BCUT2D eigenvalue weighted by Gasteiger charge is 2.20. The van der Waals surface area contributed by atoms with Gasteiger partial charge in [0.05, 0.1) is 6.10 Å². The second-order valence-corrected chi connectivity index (χ2v) is 6.76. The van der Waals surface area contributed by atoms with Crippen LogP contribution in [-0.2, 0) is 17.6 Å². The lowest BCUT2D eigenvalue weighted by molar-refractivity contribution is 0.0167. The van der Waals surface area contributed by atoms with Gasteiger partial charge in [0.1, 0.15) is 10.0 Å². The molecule has 0 amide bonds. The Labute approximate surface area is 119 Å². The van der Waals surface area contributed by atoms with E-state index < -0.39 is 0 Å². The van der Waals surface area contributed by atoms with Crippen molar-refractivity contribution in [1.82, 2.24) is 15.5 Å². The first-order chi connectivity index (χ1) is 9.40. The van der Waals surface area contributed by atoms with E-state index in [1.165, 1.54) is 43.5 Å². The van der Waals surface area contributed by atoms with Gasteiger partial charge in [-0.1, -0.05) is 0 Å². The molecule has 1 aromatic rings. The topological polar surface area (TPSA) is 47.0 Å². The lowest BCUT2D eigenvalue weighted by Gasteiger charge is -2.21. The molecule has 1 aliphatic heterocycles. The van der Waals surface area contributed by atoms with Crippen molar-refractivity contribution in [2.75, 3.05) is 13.2 Å². The number of hydrogen-bond acceptors (Lipinski definition) is 5. The van der Waals surface area contributed by atoms with Gasteiger partial charge in [0, 0.05) is 25.5 Å². The molecule has 1 aliphatic carbocycles. The van der Waals surface area contributed by atoms with Crippen LogP contribution in [0.4, 0.5) is 0 Å². The molecule has 1 unspecified atom stereocenters. The SMILES string of the molecule is C1CCC(Cc2nnc(CCCNC3CC3)s2)OC1. The Morgan fingerprint density at radius 3 is 2.84 bits per heavy atom. The maximum atomic E-state index is 5.75. The van der Waals surface area contributed by atoms with Crippen LogP contribution < -0.4 is 5.32 Å². The van der Waals surface area contributed by atoms with Crippen molar-refractivity contribution in [3.8, 4) is 0 Å². The summed E-state index contributed by atoms with van der Waals surface area (Å²) in [5.74, 6) is 0. The quantitative estimate of drug-likeness (QED) is 0.779. The second kappa shape index (κ2) is 6.77. The van der Waals surface area contributed by atoms with Gasteiger partial charge >= 0.3 is 0 Å². The molecule has 0 radical (unpaired) electrons. The molecule has 0 bridgehead atoms. The van der Waals surface area contributed by atoms with Gasteiger partial charge in [-0.15, -0.1) is 21.5 Å². The average Bonchev–Trinajstić information content (AvgIpc) is 3.16. The number of aryl methyl sites for hydroxylation is 1. The maximum absolute atomic E-state index is 5.75. The number of aromatic nitrogens is 2. The average molecular weight is 281 g/mol. The summed E-state index contributed by atoms with van der Waals surface area (Å²) in [6.07, 6.45) is 9.99. The van der Waals surface area contributed by atoms with E-state index in [2.05, 4.69) is 15.5 Å². The summed E-state index contributed by atoms with van der Waals surface area (Å²) in [5.41, 5.74) is 0. The van der Waals surface area contributed by atoms with E-state index in [9.17, 15) is 0 Å². The molecular weight excluding hydrogens is 258 g/mol. The Kier molecular flexibility index (Phi) is 4.80. The molecule has 1 aromatic heterocycles. The smallest absolute Gasteiger partial charge is 0.120 e. The fourth-order valence-corrected chi connectivity index (χ4v) is 3.42. The molecule has 0 spiro atoms. The predicted molar refractivity (Wildman–Crippen MR) is 76.5 cm³/mol. The Hall–Kier alpha value is -0.520. The van der Waals surface area contributed by atoms with Crippen LogP contribution in [0.3, 0.4) is 0 Å². The van der Waals surface area contributed by atoms with Crippen LogP contribution >= 0.6 is 11.3 Å². The Morgan fingerprint density at radius 1 is 1.16 bits per heavy atom. The molecule has 1 N–H and O–H groups in total. The standard InChI is InChI=1S/C14H23N3OS/c1-2-9-18-12(4-1)10-14-17-16-13(19-14)5-3-8-15-11-6-7-11/h11-12,15H,1-10H2. The van der Waals surface area contributed by atoms with Crippen LogP contribution in [0.15, 0.2) is 0 Å². The number of hydrogen-bond donors (Lipinski definition) is 1. The van der Waals surface area contributed by atoms with E-state index in [4.69, 9.17) is 4.74 Å². The first-order valence-electron chi connectivity index (χ1n) is 7.56. The van der Waals surface area contributed by atoms with Crippen LogP contribution in [0.5, 0.6) is 0 Å². The first-order valence-corrected chi connectivity index (χ1v) is 8.38. The van der Waals surface area contributed by atoms with Gasteiger partial charge in [0.2, 0.25) is 0 Å². The van der Waals surface area contributed by atoms with Crippen LogP contribution in [0.1, 0.15) is 48.5 Å². The van der Waals surface area contributed by atoms with Gasteiger partial charge < -0.3 is 10.1 Å². The van der Waals surface area contributed by atoms with Gasteiger partial charge in [-0.25, -0.2) is 0 Å². The highest BCUT2D eigenvalue weighted by molar-refractivity contribution is 7.11. The summed E-state index contributed by atoms with van der Waals surface area (Å²) >= 11 is 1.77. The summed E-state index contributed by atoms with van der Waals surface area (Å²) in [4.78, 5) is 0. The fourth-order valence-electron chi connectivity index (χ4n) is 2.47. The lowest BCUT2D eigenvalue weighted by Crippen LogP contribution is -2.21. The molecule has 1 atom stereocenters. The van der Waals surface area contributed by atoms with Crippen molar-refractivity contribution in [3.63, 3.8) is 0 Å². The summed E-state index contributed by atoms with van der Waals surface area (Å²) in [5, 5.41) is 14.5. The third-order valence-electron chi connectivity index (χ3n) is 3.76. The Morgan fingerprint density at radius 2 is 2.05 bits per heavy atom. The molecule has 1 saturated carbocycles. The molecule has 106 valence electrons. The summed E-state index contributed by atoms with van der Waals surface area (Å²) in [6.45, 7) is 2.04. The van der Waals surface area contributed by atoms with Crippen LogP contribution in [0, 0.1) is 0 Å². The molecule has 5 heteroatoms. The number of nitrogens with zero attached hydrogens (tertiary/aromatic N) is 2. The number of ether oxygens (including phenoxy) is 1. The van der Waals surface area contributed by atoms with E-state index >= 15 is 0 Å². The predicted octanol–water partition coefficient (Wildman–Crippen LogP) is 2.33. The Bertz CT molecular complexity index is 386. The van der Waals surface area contributed by atoms with Crippen molar-refractivity contribution >= 4 is 11.3 Å². The molecule has 0 aromatic carbocycles. The van der Waals surface area contributed by atoms with Gasteiger partial charge in [-0.2, -0.15) is 0 Å². The largest absolute Gasteiger partial charge is 0.378 e. The fraction of sp³-hybridized carbons (Fsp3) is 0.857. The minimum absolute atomic E-state index is 0.381. The molecule has 4 nitrogen and oxygen atoms in total. The summed E-state index contributed by atoms with van der Waals surface area (Å²) < 4.78 is 5.75. The normalized spacial score (nSPS) is 23.7. The number of nitrogens with one attached hydrogen (secondary N) is 1. The molecule has 2 aliphatic rings. The minimum atomic E-state index is 0.381. The van der Waals surface area contributed by atoms with E-state index in [1.807, 2.05) is 0 Å². The second-order valence-electron chi connectivity index (χ2n) is 5.61. The molecule has 19 heavy (non-hydrogen) atoms. The van der Waals surface area contributed by atoms with E-state index in [-0.39, 0.29) is 0 Å². The van der Waals surface area contributed by atoms with E-state index in [1.54, 1.807) is 11.3 Å². The monoisotopic (exact) mass is 281 g/mol. The van der Waals surface area contributed by atoms with E-state index in [0.717, 1.165) is 37.0 Å².